The summed E-state index contributed by atoms with van der Waals surface area (Å²) in [6.45, 7) is 2.67. The van der Waals surface area contributed by atoms with Gasteiger partial charge in [0.1, 0.15) is 5.82 Å². The number of hydrogen-bond acceptors (Lipinski definition) is 3. The first-order valence-electron chi connectivity index (χ1n) is 5.66. The van der Waals surface area contributed by atoms with Crippen molar-refractivity contribution >= 4 is 11.6 Å². The standard InChI is InChI=1S/C12H14ClFN4/c1-3-15-12(11-7-16-17-18(11)2)9-5-4-8(13)6-10(9)14/h4-7,12,15H,3H2,1-2H3. The Morgan fingerprint density at radius 2 is 2.28 bits per heavy atom. The molecule has 2 aromatic rings. The van der Waals surface area contributed by atoms with E-state index in [-0.39, 0.29) is 11.9 Å². The van der Waals surface area contributed by atoms with E-state index in [4.69, 9.17) is 11.6 Å². The Labute approximate surface area is 110 Å². The number of benzene rings is 1. The van der Waals surface area contributed by atoms with Crippen LogP contribution >= 0.6 is 11.6 Å². The molecule has 1 heterocycles. The van der Waals surface area contributed by atoms with Crippen LogP contribution in [0, 0.1) is 5.82 Å². The summed E-state index contributed by atoms with van der Waals surface area (Å²) in [5.41, 5.74) is 1.34. The van der Waals surface area contributed by atoms with Crippen molar-refractivity contribution in [1.29, 1.82) is 0 Å². The fourth-order valence-corrected chi connectivity index (χ4v) is 2.03. The summed E-state index contributed by atoms with van der Waals surface area (Å²) in [5.74, 6) is -0.338. The highest BCUT2D eigenvalue weighted by atomic mass is 35.5. The summed E-state index contributed by atoms with van der Waals surface area (Å²) in [6.07, 6.45) is 1.63. The van der Waals surface area contributed by atoms with Gasteiger partial charge in [-0.15, -0.1) is 5.10 Å². The molecule has 0 spiro atoms. The van der Waals surface area contributed by atoms with E-state index in [9.17, 15) is 4.39 Å². The Hall–Kier alpha value is -1.46. The molecule has 2 rings (SSSR count). The van der Waals surface area contributed by atoms with Crippen LogP contribution in [0.1, 0.15) is 24.2 Å². The maximum atomic E-state index is 14.0. The third-order valence-corrected chi connectivity index (χ3v) is 2.96. The molecule has 0 saturated heterocycles. The number of aromatic nitrogens is 3. The van der Waals surface area contributed by atoms with E-state index in [0.29, 0.717) is 17.1 Å². The third kappa shape index (κ3) is 2.52. The number of nitrogens with one attached hydrogen (secondary N) is 1. The highest BCUT2D eigenvalue weighted by Gasteiger charge is 2.20. The van der Waals surface area contributed by atoms with Crippen LogP contribution < -0.4 is 5.32 Å². The fourth-order valence-electron chi connectivity index (χ4n) is 1.87. The number of halogens is 2. The normalized spacial score (nSPS) is 12.7. The van der Waals surface area contributed by atoms with E-state index < -0.39 is 0 Å². The van der Waals surface area contributed by atoms with Crippen molar-refractivity contribution < 1.29 is 4.39 Å². The van der Waals surface area contributed by atoms with E-state index in [1.165, 1.54) is 6.07 Å². The zero-order valence-electron chi connectivity index (χ0n) is 10.2. The van der Waals surface area contributed by atoms with E-state index in [1.54, 1.807) is 30.1 Å². The van der Waals surface area contributed by atoms with Crippen LogP contribution in [0.25, 0.3) is 0 Å². The molecule has 0 radical (unpaired) electrons. The minimum absolute atomic E-state index is 0.285. The second-order valence-corrected chi connectivity index (χ2v) is 4.38. The molecule has 0 saturated carbocycles. The first-order valence-corrected chi connectivity index (χ1v) is 6.04. The van der Waals surface area contributed by atoms with Crippen molar-refractivity contribution in [3.8, 4) is 0 Å². The van der Waals surface area contributed by atoms with Crippen molar-refractivity contribution in [3.63, 3.8) is 0 Å². The molecule has 1 aromatic carbocycles. The number of nitrogens with zero attached hydrogens (tertiary/aromatic N) is 3. The highest BCUT2D eigenvalue weighted by molar-refractivity contribution is 6.30. The lowest BCUT2D eigenvalue weighted by molar-refractivity contribution is 0.530. The lowest BCUT2D eigenvalue weighted by atomic mass is 10.0. The van der Waals surface area contributed by atoms with E-state index in [0.717, 1.165) is 5.69 Å². The summed E-state index contributed by atoms with van der Waals surface area (Å²) < 4.78 is 15.6. The first-order chi connectivity index (χ1) is 8.63. The zero-order valence-corrected chi connectivity index (χ0v) is 10.9. The molecule has 0 aliphatic heterocycles. The molecule has 96 valence electrons. The number of hydrogen-bond donors (Lipinski definition) is 1. The molecule has 6 heteroatoms. The van der Waals surface area contributed by atoms with E-state index >= 15 is 0 Å². The monoisotopic (exact) mass is 268 g/mol. The minimum Gasteiger partial charge on any atom is -0.305 e. The van der Waals surface area contributed by atoms with Crippen molar-refractivity contribution in [1.82, 2.24) is 20.3 Å². The largest absolute Gasteiger partial charge is 0.305 e. The SMILES string of the molecule is CCNC(c1ccc(Cl)cc1F)c1cnnn1C. The van der Waals surface area contributed by atoms with Gasteiger partial charge in [-0.05, 0) is 18.7 Å². The molecule has 4 nitrogen and oxygen atoms in total. The van der Waals surface area contributed by atoms with Gasteiger partial charge in [0.05, 0.1) is 17.9 Å². The molecular formula is C12H14ClFN4. The van der Waals surface area contributed by atoms with Crippen LogP contribution in [0.5, 0.6) is 0 Å². The van der Waals surface area contributed by atoms with Gasteiger partial charge in [-0.25, -0.2) is 4.39 Å². The van der Waals surface area contributed by atoms with Gasteiger partial charge in [-0.2, -0.15) is 0 Å². The average Bonchev–Trinajstić information content (AvgIpc) is 2.73. The van der Waals surface area contributed by atoms with Crippen LogP contribution in [0.15, 0.2) is 24.4 Å². The molecule has 1 N–H and O–H groups in total. The predicted molar refractivity (Wildman–Crippen MR) is 67.9 cm³/mol. The lowest BCUT2D eigenvalue weighted by Gasteiger charge is -2.18. The Morgan fingerprint density at radius 1 is 1.50 bits per heavy atom. The van der Waals surface area contributed by atoms with Gasteiger partial charge in [-0.3, -0.25) is 4.68 Å². The van der Waals surface area contributed by atoms with Gasteiger partial charge in [0.25, 0.3) is 0 Å². The molecule has 0 amide bonds. The third-order valence-electron chi connectivity index (χ3n) is 2.73. The lowest BCUT2D eigenvalue weighted by Crippen LogP contribution is -2.25. The Bertz CT molecular complexity index is 541. The quantitative estimate of drug-likeness (QED) is 0.925. The smallest absolute Gasteiger partial charge is 0.129 e. The topological polar surface area (TPSA) is 42.7 Å². The van der Waals surface area contributed by atoms with Gasteiger partial charge in [0.2, 0.25) is 0 Å². The maximum Gasteiger partial charge on any atom is 0.129 e. The van der Waals surface area contributed by atoms with Crippen molar-refractivity contribution in [2.24, 2.45) is 7.05 Å². The Kier molecular flexibility index (Phi) is 3.93. The fraction of sp³-hybridized carbons (Fsp3) is 0.333. The Morgan fingerprint density at radius 3 is 2.83 bits per heavy atom. The van der Waals surface area contributed by atoms with Gasteiger partial charge in [0, 0.05) is 17.6 Å². The summed E-state index contributed by atoms with van der Waals surface area (Å²) in [5, 5.41) is 11.3. The summed E-state index contributed by atoms with van der Waals surface area (Å²) in [6, 6.07) is 4.38. The first kappa shape index (κ1) is 13.0. The van der Waals surface area contributed by atoms with Gasteiger partial charge in [0.15, 0.2) is 0 Å². The molecule has 1 unspecified atom stereocenters. The van der Waals surface area contributed by atoms with E-state index in [2.05, 4.69) is 15.6 Å². The Balaban J connectivity index is 2.45. The maximum absolute atomic E-state index is 14.0. The average molecular weight is 269 g/mol. The molecule has 0 aliphatic rings. The van der Waals surface area contributed by atoms with Crippen molar-refractivity contribution in [2.75, 3.05) is 6.54 Å². The minimum atomic E-state index is -0.338. The second-order valence-electron chi connectivity index (χ2n) is 3.94. The van der Waals surface area contributed by atoms with Gasteiger partial charge < -0.3 is 5.32 Å². The van der Waals surface area contributed by atoms with Crippen molar-refractivity contribution in [3.05, 3.63) is 46.5 Å². The summed E-state index contributed by atoms with van der Waals surface area (Å²) in [4.78, 5) is 0. The van der Waals surface area contributed by atoms with E-state index in [1.807, 2.05) is 6.92 Å². The van der Waals surface area contributed by atoms with Crippen molar-refractivity contribution in [2.45, 2.75) is 13.0 Å². The van der Waals surface area contributed by atoms with Crippen LogP contribution in [0.4, 0.5) is 4.39 Å². The van der Waals surface area contributed by atoms with Crippen LogP contribution in [-0.2, 0) is 7.05 Å². The van der Waals surface area contributed by atoms with Crippen LogP contribution in [0.3, 0.4) is 0 Å². The summed E-state index contributed by atoms with van der Waals surface area (Å²) in [7, 11) is 1.78. The molecule has 1 aromatic heterocycles. The molecule has 0 aliphatic carbocycles. The number of aryl methyl sites for hydroxylation is 1. The van der Waals surface area contributed by atoms with Gasteiger partial charge >= 0.3 is 0 Å². The molecule has 0 bridgehead atoms. The molecule has 1 atom stereocenters. The van der Waals surface area contributed by atoms with Crippen LogP contribution in [-0.4, -0.2) is 21.5 Å². The predicted octanol–water partition coefficient (Wildman–Crippen LogP) is 2.31. The molecule has 18 heavy (non-hydrogen) atoms. The second kappa shape index (κ2) is 5.46. The highest BCUT2D eigenvalue weighted by Crippen LogP contribution is 2.25. The molecular weight excluding hydrogens is 255 g/mol. The summed E-state index contributed by atoms with van der Waals surface area (Å²) >= 11 is 5.76. The zero-order chi connectivity index (χ0) is 13.1. The number of rotatable bonds is 4. The van der Waals surface area contributed by atoms with Gasteiger partial charge in [-0.1, -0.05) is 29.8 Å². The molecule has 0 fully saturated rings. The van der Waals surface area contributed by atoms with Crippen LogP contribution in [0.2, 0.25) is 5.02 Å².